The second-order valence-corrected chi connectivity index (χ2v) is 5.36. The van der Waals surface area contributed by atoms with E-state index in [1.165, 1.54) is 6.07 Å². The zero-order valence-corrected chi connectivity index (χ0v) is 12.5. The Balaban J connectivity index is 2.94. The molecule has 3 N–H and O–H groups in total. The van der Waals surface area contributed by atoms with E-state index in [4.69, 9.17) is 10.5 Å². The van der Waals surface area contributed by atoms with Crippen LogP contribution in [0.1, 0.15) is 41.0 Å². The highest BCUT2D eigenvalue weighted by atomic mass is 19.1. The largest absolute Gasteiger partial charge is 0.488 e. The van der Waals surface area contributed by atoms with Gasteiger partial charge in [0, 0.05) is 18.2 Å². The Labute approximate surface area is 115 Å². The first-order valence-electron chi connectivity index (χ1n) is 6.87. The van der Waals surface area contributed by atoms with Gasteiger partial charge in [-0.2, -0.15) is 0 Å². The molecule has 3 nitrogen and oxygen atoms in total. The SMILES string of the molecule is CCC(C)C(C)Nc1cc(OC(C)C)c(F)cc1N. The smallest absolute Gasteiger partial charge is 0.167 e. The van der Waals surface area contributed by atoms with Crippen LogP contribution < -0.4 is 15.8 Å². The maximum Gasteiger partial charge on any atom is 0.167 e. The minimum absolute atomic E-state index is 0.0713. The Morgan fingerprint density at radius 3 is 2.42 bits per heavy atom. The van der Waals surface area contributed by atoms with Crippen molar-refractivity contribution < 1.29 is 9.13 Å². The molecule has 0 bridgehead atoms. The maximum absolute atomic E-state index is 13.7. The number of anilines is 2. The van der Waals surface area contributed by atoms with Gasteiger partial charge in [-0.25, -0.2) is 4.39 Å². The van der Waals surface area contributed by atoms with Crippen LogP contribution >= 0.6 is 0 Å². The number of halogens is 1. The number of benzene rings is 1. The first kappa shape index (κ1) is 15.6. The van der Waals surface area contributed by atoms with Gasteiger partial charge < -0.3 is 15.8 Å². The van der Waals surface area contributed by atoms with Gasteiger partial charge in [-0.05, 0) is 26.7 Å². The van der Waals surface area contributed by atoms with E-state index in [9.17, 15) is 4.39 Å². The fraction of sp³-hybridized carbons (Fsp3) is 0.600. The molecule has 0 aliphatic carbocycles. The van der Waals surface area contributed by atoms with Gasteiger partial charge in [0.2, 0.25) is 0 Å². The van der Waals surface area contributed by atoms with Gasteiger partial charge in [0.05, 0.1) is 17.5 Å². The van der Waals surface area contributed by atoms with Crippen molar-refractivity contribution in [1.82, 2.24) is 0 Å². The van der Waals surface area contributed by atoms with Crippen LogP contribution in [0.4, 0.5) is 15.8 Å². The third kappa shape index (κ3) is 4.30. The summed E-state index contributed by atoms with van der Waals surface area (Å²) in [7, 11) is 0. The summed E-state index contributed by atoms with van der Waals surface area (Å²) in [4.78, 5) is 0. The Hall–Kier alpha value is -1.45. The number of ether oxygens (including phenoxy) is 1. The molecule has 19 heavy (non-hydrogen) atoms. The Morgan fingerprint density at radius 1 is 1.26 bits per heavy atom. The molecule has 0 radical (unpaired) electrons. The highest BCUT2D eigenvalue weighted by Crippen LogP contribution is 2.30. The lowest BCUT2D eigenvalue weighted by Crippen LogP contribution is -2.24. The van der Waals surface area contributed by atoms with E-state index in [0.29, 0.717) is 11.6 Å². The molecule has 0 saturated heterocycles. The minimum Gasteiger partial charge on any atom is -0.488 e. The second kappa shape index (κ2) is 6.64. The predicted molar refractivity (Wildman–Crippen MR) is 79.1 cm³/mol. The van der Waals surface area contributed by atoms with Gasteiger partial charge in [-0.1, -0.05) is 20.3 Å². The molecule has 4 heteroatoms. The molecule has 0 aromatic heterocycles. The first-order chi connectivity index (χ1) is 8.85. The fourth-order valence-electron chi connectivity index (χ4n) is 1.78. The molecule has 0 saturated carbocycles. The van der Waals surface area contributed by atoms with Crippen LogP contribution in [-0.4, -0.2) is 12.1 Å². The highest BCUT2D eigenvalue weighted by molar-refractivity contribution is 5.69. The van der Waals surface area contributed by atoms with E-state index in [-0.39, 0.29) is 17.9 Å². The van der Waals surface area contributed by atoms with Gasteiger partial charge in [0.25, 0.3) is 0 Å². The summed E-state index contributed by atoms with van der Waals surface area (Å²) in [5, 5.41) is 3.33. The van der Waals surface area contributed by atoms with Crippen molar-refractivity contribution in [1.29, 1.82) is 0 Å². The maximum atomic E-state index is 13.7. The van der Waals surface area contributed by atoms with Crippen molar-refractivity contribution in [3.63, 3.8) is 0 Å². The van der Waals surface area contributed by atoms with Gasteiger partial charge in [-0.3, -0.25) is 0 Å². The van der Waals surface area contributed by atoms with Crippen molar-refractivity contribution in [2.45, 2.75) is 53.2 Å². The average Bonchev–Trinajstić information content (AvgIpc) is 2.33. The molecule has 2 unspecified atom stereocenters. The van der Waals surface area contributed by atoms with Gasteiger partial charge in [0.1, 0.15) is 0 Å². The van der Waals surface area contributed by atoms with E-state index in [2.05, 4.69) is 26.1 Å². The van der Waals surface area contributed by atoms with Crippen LogP contribution in [0.25, 0.3) is 0 Å². The number of hydrogen-bond acceptors (Lipinski definition) is 3. The highest BCUT2D eigenvalue weighted by Gasteiger charge is 2.14. The van der Waals surface area contributed by atoms with Gasteiger partial charge in [0.15, 0.2) is 11.6 Å². The first-order valence-corrected chi connectivity index (χ1v) is 6.87. The monoisotopic (exact) mass is 268 g/mol. The van der Waals surface area contributed by atoms with E-state index in [0.717, 1.165) is 12.1 Å². The van der Waals surface area contributed by atoms with Crippen LogP contribution in [0, 0.1) is 11.7 Å². The van der Waals surface area contributed by atoms with Crippen LogP contribution in [0.15, 0.2) is 12.1 Å². The minimum atomic E-state index is -0.423. The van der Waals surface area contributed by atoms with Gasteiger partial charge >= 0.3 is 0 Å². The molecule has 0 fully saturated rings. The molecule has 0 heterocycles. The number of hydrogen-bond donors (Lipinski definition) is 2. The number of rotatable bonds is 6. The standard InChI is InChI=1S/C15H25FN2O/c1-6-10(4)11(5)18-14-8-15(19-9(2)3)12(16)7-13(14)17/h7-11,18H,6,17H2,1-5H3. The van der Waals surface area contributed by atoms with Crippen molar-refractivity contribution in [3.8, 4) is 5.75 Å². The lowest BCUT2D eigenvalue weighted by atomic mass is 10.0. The fourth-order valence-corrected chi connectivity index (χ4v) is 1.78. The lowest BCUT2D eigenvalue weighted by molar-refractivity contribution is 0.231. The summed E-state index contributed by atoms with van der Waals surface area (Å²) in [6, 6.07) is 3.22. The van der Waals surface area contributed by atoms with Crippen molar-refractivity contribution >= 4 is 11.4 Å². The third-order valence-corrected chi connectivity index (χ3v) is 3.35. The van der Waals surface area contributed by atoms with E-state index >= 15 is 0 Å². The summed E-state index contributed by atoms with van der Waals surface area (Å²) in [5.74, 6) is 0.329. The Morgan fingerprint density at radius 2 is 1.89 bits per heavy atom. The number of nitrogens with one attached hydrogen (secondary N) is 1. The topological polar surface area (TPSA) is 47.3 Å². The molecule has 0 aliphatic rings. The Kier molecular flexibility index (Phi) is 5.45. The quantitative estimate of drug-likeness (QED) is 0.765. The molecule has 2 atom stereocenters. The molecule has 1 rings (SSSR count). The third-order valence-electron chi connectivity index (χ3n) is 3.35. The summed E-state index contributed by atoms with van der Waals surface area (Å²) >= 11 is 0. The average molecular weight is 268 g/mol. The van der Waals surface area contributed by atoms with Crippen LogP contribution in [0.3, 0.4) is 0 Å². The second-order valence-electron chi connectivity index (χ2n) is 5.36. The van der Waals surface area contributed by atoms with Crippen molar-refractivity contribution in [3.05, 3.63) is 17.9 Å². The predicted octanol–water partition coefficient (Wildman–Crippen LogP) is 4.04. The zero-order valence-electron chi connectivity index (χ0n) is 12.5. The van der Waals surface area contributed by atoms with Crippen LogP contribution in [-0.2, 0) is 0 Å². The molecule has 0 amide bonds. The zero-order chi connectivity index (χ0) is 14.6. The summed E-state index contributed by atoms with van der Waals surface area (Å²) in [6.07, 6.45) is 1.00. The molecule has 1 aromatic rings. The van der Waals surface area contributed by atoms with Crippen molar-refractivity contribution in [2.75, 3.05) is 11.1 Å². The molecule has 1 aromatic carbocycles. The molecule has 108 valence electrons. The lowest BCUT2D eigenvalue weighted by Gasteiger charge is -2.23. The molecule has 0 aliphatic heterocycles. The molecule has 0 spiro atoms. The molecular weight excluding hydrogens is 243 g/mol. The molecular formula is C15H25FN2O. The van der Waals surface area contributed by atoms with E-state index in [1.54, 1.807) is 6.07 Å². The summed E-state index contributed by atoms with van der Waals surface area (Å²) < 4.78 is 19.2. The normalized spacial score (nSPS) is 14.3. The number of nitrogens with two attached hydrogens (primary N) is 1. The van der Waals surface area contributed by atoms with Crippen LogP contribution in [0.2, 0.25) is 0 Å². The van der Waals surface area contributed by atoms with Crippen molar-refractivity contribution in [2.24, 2.45) is 5.92 Å². The van der Waals surface area contributed by atoms with E-state index in [1.807, 2.05) is 13.8 Å². The summed E-state index contributed by atoms with van der Waals surface area (Å²) in [6.45, 7) is 10.1. The van der Waals surface area contributed by atoms with Gasteiger partial charge in [-0.15, -0.1) is 0 Å². The number of nitrogen functional groups attached to an aromatic ring is 1. The van der Waals surface area contributed by atoms with Crippen LogP contribution in [0.5, 0.6) is 5.75 Å². The van der Waals surface area contributed by atoms with E-state index < -0.39 is 5.82 Å². The summed E-state index contributed by atoms with van der Waals surface area (Å²) in [5.41, 5.74) is 6.99. The Bertz CT molecular complexity index is 421.